The van der Waals surface area contributed by atoms with E-state index >= 15 is 0 Å². The van der Waals surface area contributed by atoms with E-state index in [9.17, 15) is 4.79 Å². The van der Waals surface area contributed by atoms with Gasteiger partial charge in [0.05, 0.1) is 36.7 Å². The van der Waals surface area contributed by atoms with Gasteiger partial charge in [-0.25, -0.2) is 0 Å². The summed E-state index contributed by atoms with van der Waals surface area (Å²) < 4.78 is 11.9. The number of ether oxygens (including phenoxy) is 2. The maximum atomic E-state index is 13.3. The molecule has 6 heteroatoms. The van der Waals surface area contributed by atoms with E-state index in [1.54, 1.807) is 20.4 Å². The third-order valence-corrected chi connectivity index (χ3v) is 5.98. The first-order valence-electron chi connectivity index (χ1n) is 11.6. The number of methoxy groups -OCH3 is 2. The topological polar surface area (TPSA) is 65.7 Å². The van der Waals surface area contributed by atoms with Crippen LogP contribution in [-0.2, 0) is 6.42 Å². The second-order valence-corrected chi connectivity index (χ2v) is 8.28. The number of aromatic nitrogens is 2. The molecule has 0 bridgehead atoms. The summed E-state index contributed by atoms with van der Waals surface area (Å²) in [5, 5.41) is 6.26. The van der Waals surface area contributed by atoms with Crippen LogP contribution in [0.5, 0.6) is 11.5 Å². The summed E-state index contributed by atoms with van der Waals surface area (Å²) in [7, 11) is 3.29. The highest BCUT2D eigenvalue weighted by molar-refractivity contribution is 5.84. The van der Waals surface area contributed by atoms with Gasteiger partial charge in [0.25, 0.3) is 5.56 Å². The number of fused-ring (bicyclic) bond motifs is 1. The summed E-state index contributed by atoms with van der Waals surface area (Å²) in [5.41, 5.74) is 4.19. The Morgan fingerprint density at radius 1 is 0.778 bits per heavy atom. The lowest BCUT2D eigenvalue weighted by atomic mass is 10.0. The Morgan fingerprint density at radius 3 is 2.03 bits per heavy atom. The van der Waals surface area contributed by atoms with Gasteiger partial charge in [0.15, 0.2) is 0 Å². The van der Waals surface area contributed by atoms with Gasteiger partial charge in [-0.2, -0.15) is 9.78 Å². The van der Waals surface area contributed by atoms with Crippen molar-refractivity contribution < 1.29 is 9.47 Å². The molecule has 36 heavy (non-hydrogen) atoms. The third kappa shape index (κ3) is 4.88. The van der Waals surface area contributed by atoms with Gasteiger partial charge >= 0.3 is 0 Å². The average molecular weight is 476 g/mol. The SMILES string of the molecule is COc1ccc(C=Nc2ccc(-n3nc(Cc4ccc(OC)cc4)c4ccccc4c3=O)cc2)cc1. The van der Waals surface area contributed by atoms with Gasteiger partial charge in [-0.3, -0.25) is 9.79 Å². The fraction of sp³-hybridized carbons (Fsp3) is 0.100. The Balaban J connectivity index is 1.46. The highest BCUT2D eigenvalue weighted by Gasteiger charge is 2.12. The molecular weight excluding hydrogens is 450 g/mol. The van der Waals surface area contributed by atoms with Crippen molar-refractivity contribution in [3.05, 3.63) is 124 Å². The summed E-state index contributed by atoms with van der Waals surface area (Å²) in [6, 6.07) is 30.6. The standard InChI is InChI=1S/C30H25N3O3/c1-35-25-15-7-21(8-16-25)19-29-27-5-3-4-6-28(27)30(34)33(32-29)24-13-11-23(12-14-24)31-20-22-9-17-26(36-2)18-10-22/h3-18,20H,19H2,1-2H3. The quantitative estimate of drug-likeness (QED) is 0.281. The molecule has 0 spiro atoms. The first kappa shape index (κ1) is 23.1. The van der Waals surface area contributed by atoms with E-state index in [0.29, 0.717) is 17.5 Å². The van der Waals surface area contributed by atoms with Crippen LogP contribution in [0, 0.1) is 0 Å². The normalized spacial score (nSPS) is 11.2. The Labute approximate surface area is 209 Å². The molecular formula is C30H25N3O3. The van der Waals surface area contributed by atoms with Crippen LogP contribution in [0.1, 0.15) is 16.8 Å². The van der Waals surface area contributed by atoms with Gasteiger partial charge in [-0.15, -0.1) is 0 Å². The number of hydrogen-bond acceptors (Lipinski definition) is 5. The summed E-state index contributed by atoms with van der Waals surface area (Å²) in [6.07, 6.45) is 2.39. The average Bonchev–Trinajstić information content (AvgIpc) is 2.94. The number of aliphatic imine (C=N–C) groups is 1. The van der Waals surface area contributed by atoms with Crippen LogP contribution in [0.4, 0.5) is 5.69 Å². The molecule has 0 unspecified atom stereocenters. The summed E-state index contributed by atoms with van der Waals surface area (Å²) in [6.45, 7) is 0. The molecule has 1 heterocycles. The molecule has 0 N–H and O–H groups in total. The van der Waals surface area contributed by atoms with Crippen molar-refractivity contribution >= 4 is 22.7 Å². The molecule has 0 aliphatic carbocycles. The van der Waals surface area contributed by atoms with E-state index in [4.69, 9.17) is 14.6 Å². The highest BCUT2D eigenvalue weighted by atomic mass is 16.5. The Hall–Kier alpha value is -4.71. The van der Waals surface area contributed by atoms with Gasteiger partial charge in [0.1, 0.15) is 11.5 Å². The van der Waals surface area contributed by atoms with Gasteiger partial charge in [0, 0.05) is 18.0 Å². The fourth-order valence-electron chi connectivity index (χ4n) is 4.02. The molecule has 4 aromatic carbocycles. The van der Waals surface area contributed by atoms with Crippen LogP contribution in [0.25, 0.3) is 16.5 Å². The minimum absolute atomic E-state index is 0.154. The molecule has 0 aliphatic rings. The van der Waals surface area contributed by atoms with Crippen LogP contribution >= 0.6 is 0 Å². The summed E-state index contributed by atoms with van der Waals surface area (Å²) in [4.78, 5) is 17.9. The minimum Gasteiger partial charge on any atom is -0.497 e. The van der Waals surface area contributed by atoms with Gasteiger partial charge in [-0.1, -0.05) is 30.3 Å². The second-order valence-electron chi connectivity index (χ2n) is 8.28. The highest BCUT2D eigenvalue weighted by Crippen LogP contribution is 2.21. The molecule has 5 aromatic rings. The molecule has 0 fully saturated rings. The number of benzene rings is 4. The smallest absolute Gasteiger partial charge is 0.279 e. The van der Waals surface area contributed by atoms with Crippen molar-refractivity contribution in [2.45, 2.75) is 6.42 Å². The first-order valence-corrected chi connectivity index (χ1v) is 11.6. The molecule has 178 valence electrons. The lowest BCUT2D eigenvalue weighted by Crippen LogP contribution is -2.23. The molecule has 0 radical (unpaired) electrons. The van der Waals surface area contributed by atoms with Crippen molar-refractivity contribution in [2.24, 2.45) is 4.99 Å². The number of nitrogens with zero attached hydrogens (tertiary/aromatic N) is 3. The Kier molecular flexibility index (Phi) is 6.58. The minimum atomic E-state index is -0.154. The van der Waals surface area contributed by atoms with Gasteiger partial charge in [-0.05, 0) is 77.9 Å². The zero-order chi connectivity index (χ0) is 24.9. The monoisotopic (exact) mass is 475 g/mol. The number of rotatable bonds is 7. The Morgan fingerprint density at radius 2 is 1.39 bits per heavy atom. The predicted octanol–water partition coefficient (Wildman–Crippen LogP) is 5.74. The third-order valence-electron chi connectivity index (χ3n) is 5.98. The molecule has 0 saturated heterocycles. The van der Waals surface area contributed by atoms with Crippen molar-refractivity contribution in [1.82, 2.24) is 9.78 Å². The molecule has 5 rings (SSSR count). The van der Waals surface area contributed by atoms with E-state index in [-0.39, 0.29) is 5.56 Å². The molecule has 0 atom stereocenters. The largest absolute Gasteiger partial charge is 0.497 e. The van der Waals surface area contributed by atoms with Crippen LogP contribution in [-0.4, -0.2) is 30.2 Å². The molecule has 1 aromatic heterocycles. The first-order chi connectivity index (χ1) is 17.6. The van der Waals surface area contributed by atoms with E-state index in [1.807, 2.05) is 97.1 Å². The van der Waals surface area contributed by atoms with Crippen LogP contribution in [0.3, 0.4) is 0 Å². The maximum Gasteiger partial charge on any atom is 0.279 e. The zero-order valence-electron chi connectivity index (χ0n) is 20.1. The predicted molar refractivity (Wildman–Crippen MR) is 143 cm³/mol. The van der Waals surface area contributed by atoms with Crippen LogP contribution in [0.15, 0.2) is 107 Å². The van der Waals surface area contributed by atoms with E-state index in [1.165, 1.54) is 4.68 Å². The summed E-state index contributed by atoms with van der Waals surface area (Å²) in [5.74, 6) is 1.60. The maximum absolute atomic E-state index is 13.3. The van der Waals surface area contributed by atoms with Crippen molar-refractivity contribution in [3.8, 4) is 17.2 Å². The zero-order valence-corrected chi connectivity index (χ0v) is 20.1. The molecule has 0 amide bonds. The second kappa shape index (κ2) is 10.3. The molecule has 0 aliphatic heterocycles. The Bertz CT molecular complexity index is 1570. The molecule has 0 saturated carbocycles. The fourth-order valence-corrected chi connectivity index (χ4v) is 4.02. The van der Waals surface area contributed by atoms with Crippen LogP contribution < -0.4 is 15.0 Å². The van der Waals surface area contributed by atoms with Crippen molar-refractivity contribution in [2.75, 3.05) is 14.2 Å². The van der Waals surface area contributed by atoms with Crippen LogP contribution in [0.2, 0.25) is 0 Å². The number of hydrogen-bond donors (Lipinski definition) is 0. The summed E-state index contributed by atoms with van der Waals surface area (Å²) >= 11 is 0. The van der Waals surface area contributed by atoms with Crippen molar-refractivity contribution in [3.63, 3.8) is 0 Å². The lowest BCUT2D eigenvalue weighted by Gasteiger charge is -2.12. The van der Waals surface area contributed by atoms with Gasteiger partial charge in [0.2, 0.25) is 0 Å². The van der Waals surface area contributed by atoms with E-state index < -0.39 is 0 Å². The molecule has 6 nitrogen and oxygen atoms in total. The lowest BCUT2D eigenvalue weighted by molar-refractivity contribution is 0.414. The van der Waals surface area contributed by atoms with Crippen molar-refractivity contribution in [1.29, 1.82) is 0 Å². The van der Waals surface area contributed by atoms with E-state index in [2.05, 4.69) is 4.99 Å². The van der Waals surface area contributed by atoms with Gasteiger partial charge < -0.3 is 9.47 Å². The van der Waals surface area contributed by atoms with E-state index in [0.717, 1.165) is 39.4 Å².